The van der Waals surface area contributed by atoms with Crippen molar-refractivity contribution in [3.05, 3.63) is 0 Å². The summed E-state index contributed by atoms with van der Waals surface area (Å²) in [7, 11) is 0. The SMILES string of the molecule is [2H]N1CCC[C@H]1C(=O)N[C@@H](CCCCN)C(=O)O. The second kappa shape index (κ2) is 7.24. The smallest absolute Gasteiger partial charge is 0.326 e. The Morgan fingerprint density at radius 1 is 1.59 bits per heavy atom. The lowest BCUT2D eigenvalue weighted by Crippen LogP contribution is -2.48. The van der Waals surface area contributed by atoms with Crippen LogP contribution < -0.4 is 16.4 Å². The summed E-state index contributed by atoms with van der Waals surface area (Å²) in [6, 6.07) is -1.39. The van der Waals surface area contributed by atoms with Crippen molar-refractivity contribution < 1.29 is 16.1 Å². The summed E-state index contributed by atoms with van der Waals surface area (Å²) in [5, 5.41) is 12.7. The van der Waals surface area contributed by atoms with Crippen molar-refractivity contribution in [1.29, 1.82) is 0 Å². The van der Waals surface area contributed by atoms with E-state index in [4.69, 9.17) is 12.3 Å². The monoisotopic (exact) mass is 244 g/mol. The van der Waals surface area contributed by atoms with Crippen molar-refractivity contribution in [2.45, 2.75) is 44.2 Å². The molecule has 2 atom stereocenters. The van der Waals surface area contributed by atoms with E-state index in [9.17, 15) is 9.59 Å². The molecule has 0 aliphatic carbocycles. The molecule has 17 heavy (non-hydrogen) atoms. The molecular weight excluding hydrogens is 222 g/mol. The average Bonchev–Trinajstić information content (AvgIpc) is 2.74. The Labute approximate surface area is 102 Å². The van der Waals surface area contributed by atoms with E-state index in [0.717, 1.165) is 12.8 Å². The van der Waals surface area contributed by atoms with Crippen molar-refractivity contribution >= 4 is 11.9 Å². The zero-order valence-corrected chi connectivity index (χ0v) is 9.89. The van der Waals surface area contributed by atoms with Gasteiger partial charge in [-0.25, -0.2) is 4.79 Å². The third-order valence-corrected chi connectivity index (χ3v) is 2.85. The maximum Gasteiger partial charge on any atom is 0.326 e. The zero-order chi connectivity index (χ0) is 13.5. The average molecular weight is 244 g/mol. The number of unbranched alkanes of at least 4 members (excludes halogenated alkanes) is 1. The number of amides is 1. The van der Waals surface area contributed by atoms with Gasteiger partial charge in [0.05, 0.1) is 6.04 Å². The first-order valence-electron chi connectivity index (χ1n) is 6.49. The second-order valence-electron chi connectivity index (χ2n) is 4.25. The number of hydrogen-bond donors (Lipinski definition) is 4. The number of carboxylic acids is 1. The largest absolute Gasteiger partial charge is 0.480 e. The molecule has 6 heteroatoms. The van der Waals surface area contributed by atoms with Gasteiger partial charge in [0.1, 0.15) is 7.45 Å². The molecule has 6 nitrogen and oxygen atoms in total. The van der Waals surface area contributed by atoms with Gasteiger partial charge in [-0.3, -0.25) is 4.79 Å². The van der Waals surface area contributed by atoms with Crippen LogP contribution in [0.1, 0.15) is 32.1 Å². The highest BCUT2D eigenvalue weighted by atomic mass is 16.4. The van der Waals surface area contributed by atoms with Crippen molar-refractivity contribution in [3.63, 3.8) is 0 Å². The number of carbonyl (C=O) groups is 2. The summed E-state index contributed by atoms with van der Waals surface area (Å²) >= 11 is 0. The predicted octanol–water partition coefficient (Wildman–Crippen LogP) is -0.563. The van der Waals surface area contributed by atoms with Gasteiger partial charge in [0.2, 0.25) is 5.91 Å². The first-order valence-corrected chi connectivity index (χ1v) is 6.05. The Morgan fingerprint density at radius 2 is 2.35 bits per heavy atom. The molecular formula is C11H21N3O3. The lowest BCUT2D eigenvalue weighted by Gasteiger charge is -2.17. The van der Waals surface area contributed by atoms with Crippen LogP contribution in [0.25, 0.3) is 0 Å². The molecule has 5 N–H and O–H groups in total. The molecule has 1 saturated heterocycles. The van der Waals surface area contributed by atoms with Gasteiger partial charge in [-0.05, 0) is 45.2 Å². The van der Waals surface area contributed by atoms with E-state index in [1.54, 1.807) is 0 Å². The maximum atomic E-state index is 11.8. The van der Waals surface area contributed by atoms with Crippen molar-refractivity contribution in [2.75, 3.05) is 13.1 Å². The third-order valence-electron chi connectivity index (χ3n) is 2.85. The lowest BCUT2D eigenvalue weighted by molar-refractivity contribution is -0.142. The molecule has 1 aliphatic rings. The second-order valence-corrected chi connectivity index (χ2v) is 4.25. The minimum absolute atomic E-state index is 0.359. The molecule has 1 heterocycles. The van der Waals surface area contributed by atoms with E-state index >= 15 is 0 Å². The number of hydrogen-bond acceptors (Lipinski definition) is 4. The minimum Gasteiger partial charge on any atom is -0.480 e. The normalized spacial score (nSPS) is 23.1. The molecule has 0 unspecified atom stereocenters. The fraction of sp³-hybridized carbons (Fsp3) is 0.818. The van der Waals surface area contributed by atoms with Crippen LogP contribution in [-0.2, 0) is 9.59 Å². The van der Waals surface area contributed by atoms with E-state index in [0.29, 0.717) is 32.4 Å². The fourth-order valence-electron chi connectivity index (χ4n) is 1.86. The Hall–Kier alpha value is -1.14. The van der Waals surface area contributed by atoms with Gasteiger partial charge in [0.25, 0.3) is 0 Å². The van der Waals surface area contributed by atoms with E-state index in [-0.39, 0.29) is 5.91 Å². The number of nitrogens with one attached hydrogen (secondary N) is 2. The van der Waals surface area contributed by atoms with Crippen LogP contribution in [0.4, 0.5) is 0 Å². The summed E-state index contributed by atoms with van der Waals surface area (Å²) in [5.41, 5.74) is 5.34. The first-order chi connectivity index (χ1) is 8.56. The van der Waals surface area contributed by atoms with Gasteiger partial charge in [-0.15, -0.1) is 0 Å². The minimum atomic E-state index is -1.03. The van der Waals surface area contributed by atoms with E-state index < -0.39 is 18.1 Å². The van der Waals surface area contributed by atoms with Gasteiger partial charge in [0, 0.05) is 0 Å². The summed E-state index contributed by atoms with van der Waals surface area (Å²) in [5.74, 6) is -1.39. The third kappa shape index (κ3) is 4.70. The van der Waals surface area contributed by atoms with Crippen LogP contribution in [0.3, 0.4) is 0 Å². The summed E-state index contributed by atoms with van der Waals surface area (Å²) < 4.78 is 7.55. The van der Waals surface area contributed by atoms with E-state index in [1.807, 2.05) is 0 Å². The van der Waals surface area contributed by atoms with Crippen LogP contribution in [0.2, 0.25) is 1.41 Å². The van der Waals surface area contributed by atoms with E-state index in [1.165, 1.54) is 5.31 Å². The number of carbonyl (C=O) groups excluding carboxylic acids is 1. The van der Waals surface area contributed by atoms with Gasteiger partial charge in [-0.2, -0.15) is 0 Å². The molecule has 0 saturated carbocycles. The Balaban J connectivity index is 2.44. The van der Waals surface area contributed by atoms with Crippen molar-refractivity contribution in [2.24, 2.45) is 5.73 Å². The highest BCUT2D eigenvalue weighted by Gasteiger charge is 2.26. The summed E-state index contributed by atoms with van der Waals surface area (Å²) in [6.45, 7) is 1.08. The van der Waals surface area contributed by atoms with Crippen LogP contribution >= 0.6 is 0 Å². The molecule has 1 rings (SSSR count). The molecule has 0 aromatic carbocycles. The molecule has 0 aromatic rings. The Bertz CT molecular complexity index is 301. The molecule has 1 fully saturated rings. The molecule has 98 valence electrons. The molecule has 1 aliphatic heterocycles. The quantitative estimate of drug-likeness (QED) is 0.449. The van der Waals surface area contributed by atoms with Gasteiger partial charge >= 0.3 is 5.97 Å². The van der Waals surface area contributed by atoms with Crippen LogP contribution in [0.5, 0.6) is 0 Å². The number of carboxylic acid groups (broad SMARTS) is 1. The van der Waals surface area contributed by atoms with Gasteiger partial charge < -0.3 is 21.5 Å². The topological polar surface area (TPSA) is 104 Å². The highest BCUT2D eigenvalue weighted by Crippen LogP contribution is 2.07. The van der Waals surface area contributed by atoms with Gasteiger partial charge in [0.15, 0.2) is 0 Å². The fourth-order valence-corrected chi connectivity index (χ4v) is 1.86. The molecule has 0 aromatic heterocycles. The predicted molar refractivity (Wildman–Crippen MR) is 63.5 cm³/mol. The molecule has 1 amide bonds. The number of nitrogens with two attached hydrogens (primary N) is 1. The summed E-state index contributed by atoms with van der Waals surface area (Å²) in [6.07, 6.45) is 3.20. The highest BCUT2D eigenvalue weighted by molar-refractivity contribution is 5.87. The molecule has 0 bridgehead atoms. The lowest BCUT2D eigenvalue weighted by atomic mass is 10.1. The Kier molecular flexibility index (Phi) is 5.25. The van der Waals surface area contributed by atoms with Crippen LogP contribution in [-0.4, -0.2) is 42.2 Å². The number of aliphatic carboxylic acids is 1. The first kappa shape index (κ1) is 12.3. The van der Waals surface area contributed by atoms with Crippen LogP contribution in [0.15, 0.2) is 0 Å². The van der Waals surface area contributed by atoms with Crippen molar-refractivity contribution in [1.82, 2.24) is 10.6 Å². The molecule has 0 radical (unpaired) electrons. The Morgan fingerprint density at radius 3 is 2.88 bits per heavy atom. The molecule has 0 spiro atoms. The standard InChI is InChI=1S/C11H21N3O3/c12-6-2-1-4-9(11(16)17)14-10(15)8-5-3-7-13-8/h8-9,13H,1-7,12H2,(H,14,15)(H,16,17)/t8-,9-/m0/s1/i/hD. The summed E-state index contributed by atoms with van der Waals surface area (Å²) in [4.78, 5) is 22.9. The van der Waals surface area contributed by atoms with Crippen LogP contribution in [0, 0.1) is 0 Å². The van der Waals surface area contributed by atoms with Crippen molar-refractivity contribution in [3.8, 4) is 0 Å². The van der Waals surface area contributed by atoms with E-state index in [2.05, 4.69) is 5.32 Å². The maximum absolute atomic E-state index is 11.8. The van der Waals surface area contributed by atoms with Gasteiger partial charge in [-0.1, -0.05) is 0 Å². The zero-order valence-electron chi connectivity index (χ0n) is 10.9. The number of rotatable bonds is 7.